The van der Waals surface area contributed by atoms with Crippen LogP contribution in [0.15, 0.2) is 41.3 Å². The smallest absolute Gasteiger partial charge is 0.261 e. The zero-order valence-electron chi connectivity index (χ0n) is 18.3. The Morgan fingerprint density at radius 2 is 1.69 bits per heavy atom. The maximum Gasteiger partial charge on any atom is 0.261 e. The van der Waals surface area contributed by atoms with E-state index in [4.69, 9.17) is 0 Å². The van der Waals surface area contributed by atoms with E-state index in [0.717, 1.165) is 43.1 Å². The lowest BCUT2D eigenvalue weighted by atomic mass is 9.87. The van der Waals surface area contributed by atoms with Gasteiger partial charge >= 0.3 is 0 Å². The summed E-state index contributed by atoms with van der Waals surface area (Å²) in [6, 6.07) is 8.23. The first kappa shape index (κ1) is 22.4. The summed E-state index contributed by atoms with van der Waals surface area (Å²) in [5.74, 6) is -0.798. The minimum absolute atomic E-state index is 0.00725. The molecular formula is C23H26F2N4O2S. The molecule has 6 nitrogen and oxygen atoms in total. The molecule has 0 aliphatic carbocycles. The molecule has 4 rings (SSSR count). The number of sulfonamides is 1. The lowest BCUT2D eigenvalue weighted by Gasteiger charge is -2.19. The van der Waals surface area contributed by atoms with Gasteiger partial charge in [0.15, 0.2) is 5.82 Å². The molecule has 1 N–H and O–H groups in total. The van der Waals surface area contributed by atoms with Crippen LogP contribution in [0.3, 0.4) is 0 Å². The van der Waals surface area contributed by atoms with Crippen LogP contribution in [0, 0.1) is 11.6 Å². The molecule has 0 fully saturated rings. The first-order chi connectivity index (χ1) is 15.1. The molecule has 0 atom stereocenters. The van der Waals surface area contributed by atoms with Crippen LogP contribution in [0.25, 0.3) is 11.4 Å². The lowest BCUT2D eigenvalue weighted by molar-refractivity contribution is 0.581. The average Bonchev–Trinajstić information content (AvgIpc) is 2.97. The second-order valence-electron chi connectivity index (χ2n) is 9.09. The summed E-state index contributed by atoms with van der Waals surface area (Å²) in [5.41, 5.74) is 0.503. The monoisotopic (exact) mass is 460 g/mol. The van der Waals surface area contributed by atoms with Crippen molar-refractivity contribution in [2.24, 2.45) is 0 Å². The van der Waals surface area contributed by atoms with Gasteiger partial charge in [0.25, 0.3) is 10.0 Å². The summed E-state index contributed by atoms with van der Waals surface area (Å²) in [4.78, 5) is -0.00730. The van der Waals surface area contributed by atoms with Crippen LogP contribution < -0.4 is 4.72 Å². The number of halogens is 2. The molecule has 3 aromatic rings. The molecule has 0 radical (unpaired) electrons. The molecule has 1 aliphatic rings. The van der Waals surface area contributed by atoms with Crippen molar-refractivity contribution in [3.8, 4) is 11.4 Å². The number of benzene rings is 2. The normalized spacial score (nSPS) is 14.7. The lowest BCUT2D eigenvalue weighted by Crippen LogP contribution is -2.16. The first-order valence-electron chi connectivity index (χ1n) is 10.6. The van der Waals surface area contributed by atoms with E-state index in [1.165, 1.54) is 12.1 Å². The van der Waals surface area contributed by atoms with Crippen molar-refractivity contribution in [2.75, 3.05) is 4.72 Å². The third-order valence-corrected chi connectivity index (χ3v) is 7.06. The Kier molecular flexibility index (Phi) is 5.79. The van der Waals surface area contributed by atoms with E-state index in [0.29, 0.717) is 12.6 Å². The van der Waals surface area contributed by atoms with E-state index < -0.39 is 21.7 Å². The molecule has 0 saturated heterocycles. The zero-order valence-corrected chi connectivity index (χ0v) is 19.1. The molecule has 32 heavy (non-hydrogen) atoms. The fraction of sp³-hybridized carbons (Fsp3) is 0.391. The van der Waals surface area contributed by atoms with E-state index >= 15 is 0 Å². The van der Waals surface area contributed by atoms with Crippen molar-refractivity contribution in [3.05, 3.63) is 59.4 Å². The molecule has 2 heterocycles. The second-order valence-corrected chi connectivity index (χ2v) is 10.8. The summed E-state index contributed by atoms with van der Waals surface area (Å²) in [7, 11) is -4.07. The van der Waals surface area contributed by atoms with E-state index in [2.05, 4.69) is 14.9 Å². The Hall–Kier alpha value is -2.81. The van der Waals surface area contributed by atoms with Gasteiger partial charge in [-0.3, -0.25) is 4.72 Å². The Labute approximate surface area is 186 Å². The Balaban J connectivity index is 1.69. The maximum atomic E-state index is 14.7. The van der Waals surface area contributed by atoms with Crippen LogP contribution in [-0.2, 0) is 28.4 Å². The number of hydrogen-bond donors (Lipinski definition) is 1. The molecular weight excluding hydrogens is 434 g/mol. The van der Waals surface area contributed by atoms with Crippen LogP contribution in [0.1, 0.15) is 51.4 Å². The summed E-state index contributed by atoms with van der Waals surface area (Å²) in [6.45, 7) is 6.70. The minimum Gasteiger partial charge on any atom is -0.311 e. The number of rotatable bonds is 4. The highest BCUT2D eigenvalue weighted by atomic mass is 32.2. The third kappa shape index (κ3) is 4.39. The van der Waals surface area contributed by atoms with Crippen LogP contribution >= 0.6 is 0 Å². The molecule has 2 aromatic carbocycles. The third-order valence-electron chi connectivity index (χ3n) is 5.68. The van der Waals surface area contributed by atoms with E-state index in [-0.39, 0.29) is 27.4 Å². The topological polar surface area (TPSA) is 76.9 Å². The van der Waals surface area contributed by atoms with Crippen molar-refractivity contribution in [1.29, 1.82) is 0 Å². The SMILES string of the molecule is CC(C)(C)c1ccc(S(=O)(=O)Nc2cc(-c3nnc4n3CCCCC4)c(F)cc2F)cc1. The van der Waals surface area contributed by atoms with Gasteiger partial charge in [-0.1, -0.05) is 39.3 Å². The highest BCUT2D eigenvalue weighted by Gasteiger charge is 2.23. The molecule has 170 valence electrons. The van der Waals surface area contributed by atoms with Crippen LogP contribution in [-0.4, -0.2) is 23.2 Å². The zero-order chi connectivity index (χ0) is 23.1. The van der Waals surface area contributed by atoms with E-state index in [1.54, 1.807) is 12.1 Å². The predicted octanol–water partition coefficient (Wildman–Crippen LogP) is 5.05. The summed E-state index contributed by atoms with van der Waals surface area (Å²) in [6.07, 6.45) is 3.65. The summed E-state index contributed by atoms with van der Waals surface area (Å²) < 4.78 is 59.0. The molecule has 0 spiro atoms. The fourth-order valence-corrected chi connectivity index (χ4v) is 4.88. The Morgan fingerprint density at radius 1 is 0.969 bits per heavy atom. The highest BCUT2D eigenvalue weighted by molar-refractivity contribution is 7.92. The number of anilines is 1. The van der Waals surface area contributed by atoms with Crippen LogP contribution in [0.4, 0.5) is 14.5 Å². The average molecular weight is 461 g/mol. The fourth-order valence-electron chi connectivity index (χ4n) is 3.82. The van der Waals surface area contributed by atoms with Crippen molar-refractivity contribution in [2.45, 2.75) is 63.3 Å². The number of nitrogens with one attached hydrogen (secondary N) is 1. The molecule has 0 saturated carbocycles. The van der Waals surface area contributed by atoms with Gasteiger partial charge in [0.1, 0.15) is 17.5 Å². The molecule has 1 aliphatic heterocycles. The predicted molar refractivity (Wildman–Crippen MR) is 119 cm³/mol. The molecule has 9 heteroatoms. The number of fused-ring (bicyclic) bond motifs is 1. The summed E-state index contributed by atoms with van der Waals surface area (Å²) in [5, 5.41) is 8.25. The van der Waals surface area contributed by atoms with Gasteiger partial charge in [0.2, 0.25) is 0 Å². The number of aromatic nitrogens is 3. The van der Waals surface area contributed by atoms with Gasteiger partial charge in [0, 0.05) is 19.0 Å². The number of nitrogens with zero attached hydrogens (tertiary/aromatic N) is 3. The maximum absolute atomic E-state index is 14.7. The van der Waals surface area contributed by atoms with E-state index in [9.17, 15) is 17.2 Å². The minimum atomic E-state index is -4.07. The van der Waals surface area contributed by atoms with Crippen molar-refractivity contribution in [1.82, 2.24) is 14.8 Å². The van der Waals surface area contributed by atoms with Gasteiger partial charge in [-0.2, -0.15) is 0 Å². The van der Waals surface area contributed by atoms with Gasteiger partial charge < -0.3 is 4.57 Å². The largest absolute Gasteiger partial charge is 0.311 e. The second kappa shape index (κ2) is 8.27. The van der Waals surface area contributed by atoms with E-state index in [1.807, 2.05) is 25.3 Å². The van der Waals surface area contributed by atoms with Gasteiger partial charge in [-0.15, -0.1) is 10.2 Å². The molecule has 0 amide bonds. The van der Waals surface area contributed by atoms with Gasteiger partial charge in [0.05, 0.1) is 16.1 Å². The van der Waals surface area contributed by atoms with Gasteiger partial charge in [-0.25, -0.2) is 17.2 Å². The molecule has 1 aromatic heterocycles. The van der Waals surface area contributed by atoms with Crippen molar-refractivity contribution in [3.63, 3.8) is 0 Å². The van der Waals surface area contributed by atoms with Crippen LogP contribution in [0.5, 0.6) is 0 Å². The Morgan fingerprint density at radius 3 is 2.38 bits per heavy atom. The number of aryl methyl sites for hydroxylation is 1. The highest BCUT2D eigenvalue weighted by Crippen LogP contribution is 2.31. The first-order valence-corrected chi connectivity index (χ1v) is 12.1. The van der Waals surface area contributed by atoms with Gasteiger partial charge in [-0.05, 0) is 42.0 Å². The quantitative estimate of drug-likeness (QED) is 0.591. The molecule has 0 unspecified atom stereocenters. The molecule has 0 bridgehead atoms. The van der Waals surface area contributed by atoms with Crippen LogP contribution in [0.2, 0.25) is 0 Å². The van der Waals surface area contributed by atoms with Crippen molar-refractivity contribution < 1.29 is 17.2 Å². The Bertz CT molecular complexity index is 1250. The standard InChI is InChI=1S/C23H26F2N4O2S/c1-23(2,3)15-8-10-16(11-9-15)32(30,31)28-20-13-17(18(24)14-19(20)25)22-27-26-21-7-5-4-6-12-29(21)22/h8-11,13-14,28H,4-7,12H2,1-3H3. The summed E-state index contributed by atoms with van der Waals surface area (Å²) >= 11 is 0. The number of hydrogen-bond acceptors (Lipinski definition) is 4. The van der Waals surface area contributed by atoms with Crippen molar-refractivity contribution >= 4 is 15.7 Å².